The average molecular weight is 459 g/mol. The van der Waals surface area contributed by atoms with E-state index in [1.54, 1.807) is 12.5 Å². The van der Waals surface area contributed by atoms with Crippen LogP contribution >= 0.6 is 0 Å². The standard InChI is InChI=1S/C22H38N2O4S2/c1-7-19(20-13-8-9-14-27-20)24-30(26)22(5,6)15-17-11-10-12-18(28-17)16-23-29(25)21(2,3)4/h9,11,14,16,18-20,24H,7-8,10,12-13,15H2,1-6H3/t18-,19-,20-,29?,30?/m0/s1. The van der Waals surface area contributed by atoms with E-state index in [-0.39, 0.29) is 23.0 Å². The Hall–Kier alpha value is -0.670. The van der Waals surface area contributed by atoms with E-state index in [0.717, 1.165) is 37.9 Å². The molecule has 5 atom stereocenters. The van der Waals surface area contributed by atoms with Crippen molar-refractivity contribution in [2.75, 3.05) is 0 Å². The molecule has 1 N–H and O–H groups in total. The van der Waals surface area contributed by atoms with Gasteiger partial charge in [0.25, 0.3) is 0 Å². The third kappa shape index (κ3) is 7.79. The quantitative estimate of drug-likeness (QED) is 0.407. The Morgan fingerprint density at radius 2 is 1.97 bits per heavy atom. The number of nitrogens with one attached hydrogen (secondary N) is 1. The normalized spacial score (nSPS) is 25.9. The lowest BCUT2D eigenvalue weighted by atomic mass is 10.0. The van der Waals surface area contributed by atoms with Gasteiger partial charge in [-0.3, -0.25) is 0 Å². The van der Waals surface area contributed by atoms with E-state index in [0.29, 0.717) is 6.42 Å². The van der Waals surface area contributed by atoms with Crippen LogP contribution < -0.4 is 4.72 Å². The predicted octanol–water partition coefficient (Wildman–Crippen LogP) is 4.48. The third-order valence-electron chi connectivity index (χ3n) is 5.19. The maximum Gasteiger partial charge on any atom is 0.146 e. The van der Waals surface area contributed by atoms with Crippen molar-refractivity contribution < 1.29 is 18.6 Å². The maximum atomic E-state index is 13.1. The molecule has 0 fully saturated rings. The van der Waals surface area contributed by atoms with Gasteiger partial charge in [-0.25, -0.2) is 0 Å². The van der Waals surface area contributed by atoms with Crippen LogP contribution in [0.2, 0.25) is 0 Å². The van der Waals surface area contributed by atoms with Crippen molar-refractivity contribution >= 4 is 28.9 Å². The Balaban J connectivity index is 1.92. The van der Waals surface area contributed by atoms with Crippen LogP contribution in [-0.2, 0) is 32.2 Å². The van der Waals surface area contributed by atoms with Crippen LogP contribution in [0.3, 0.4) is 0 Å². The number of allylic oxidation sites excluding steroid dienone is 3. The lowest BCUT2D eigenvalue weighted by Crippen LogP contribution is -2.51. The molecule has 2 unspecified atom stereocenters. The van der Waals surface area contributed by atoms with Crippen LogP contribution in [0.5, 0.6) is 0 Å². The summed E-state index contributed by atoms with van der Waals surface area (Å²) in [7, 11) is 0. The van der Waals surface area contributed by atoms with Crippen molar-refractivity contribution in [1.29, 1.82) is 0 Å². The van der Waals surface area contributed by atoms with Crippen LogP contribution in [0.1, 0.15) is 80.1 Å². The summed E-state index contributed by atoms with van der Waals surface area (Å²) in [5, 5.41) is 0. The second-order valence-corrected chi connectivity index (χ2v) is 13.3. The van der Waals surface area contributed by atoms with Crippen LogP contribution in [0.15, 0.2) is 28.6 Å². The topological polar surface area (TPSA) is 89.0 Å². The second-order valence-electron chi connectivity index (χ2n) is 9.48. The predicted molar refractivity (Wildman–Crippen MR) is 126 cm³/mol. The molecule has 172 valence electrons. The van der Waals surface area contributed by atoms with E-state index >= 15 is 0 Å². The molecule has 0 bridgehead atoms. The summed E-state index contributed by atoms with van der Waals surface area (Å²) in [6, 6.07) is 0.0450. The summed E-state index contributed by atoms with van der Waals surface area (Å²) in [6.07, 6.45) is 12.4. The van der Waals surface area contributed by atoms with Gasteiger partial charge in [0.1, 0.15) is 33.1 Å². The molecule has 0 aliphatic carbocycles. The molecule has 8 heteroatoms. The number of ether oxygens (including phenoxy) is 2. The van der Waals surface area contributed by atoms with Gasteiger partial charge in [0.05, 0.1) is 30.7 Å². The monoisotopic (exact) mass is 458 g/mol. The molecule has 0 spiro atoms. The fourth-order valence-electron chi connectivity index (χ4n) is 3.26. The molecule has 2 heterocycles. The molecule has 2 rings (SSSR count). The number of hydrogen-bond donors (Lipinski definition) is 1. The zero-order valence-electron chi connectivity index (χ0n) is 19.2. The smallest absolute Gasteiger partial charge is 0.146 e. The lowest BCUT2D eigenvalue weighted by molar-refractivity contribution is 0.0918. The van der Waals surface area contributed by atoms with Crippen molar-refractivity contribution in [2.45, 2.75) is 108 Å². The SMILES string of the molecule is CC[C@H](N[S+]([O-])C(C)(C)CC1=CCC[C@@H](C=N[S+]([O-])C(C)(C)C)O1)[C@@H]1CCC=CO1. The Kier molecular flexibility index (Phi) is 9.61. The highest BCUT2D eigenvalue weighted by atomic mass is 32.2. The fourth-order valence-corrected chi connectivity index (χ4v) is 5.01. The molecule has 30 heavy (non-hydrogen) atoms. The molecule has 0 saturated heterocycles. The summed E-state index contributed by atoms with van der Waals surface area (Å²) < 4.78 is 43.7. The summed E-state index contributed by atoms with van der Waals surface area (Å²) in [5.41, 5.74) is 0. The van der Waals surface area contributed by atoms with E-state index in [4.69, 9.17) is 9.47 Å². The molecule has 0 saturated carbocycles. The first kappa shape index (κ1) is 25.6. The van der Waals surface area contributed by atoms with Gasteiger partial charge < -0.3 is 18.6 Å². The largest absolute Gasteiger partial charge is 0.598 e. The van der Waals surface area contributed by atoms with E-state index in [1.807, 2.05) is 40.7 Å². The first-order chi connectivity index (χ1) is 14.0. The van der Waals surface area contributed by atoms with Crippen molar-refractivity contribution in [3.05, 3.63) is 24.2 Å². The van der Waals surface area contributed by atoms with Crippen LogP contribution in [0.25, 0.3) is 0 Å². The molecule has 2 aliphatic heterocycles. The summed E-state index contributed by atoms with van der Waals surface area (Å²) in [5.74, 6) is 0.823. The lowest BCUT2D eigenvalue weighted by Gasteiger charge is -2.35. The highest BCUT2D eigenvalue weighted by molar-refractivity contribution is 7.91. The maximum absolute atomic E-state index is 13.1. The van der Waals surface area contributed by atoms with Gasteiger partial charge in [-0.05, 0) is 78.9 Å². The van der Waals surface area contributed by atoms with Gasteiger partial charge in [0.2, 0.25) is 0 Å². The Morgan fingerprint density at radius 1 is 1.23 bits per heavy atom. The average Bonchev–Trinajstić information content (AvgIpc) is 2.69. The second kappa shape index (κ2) is 11.3. The Morgan fingerprint density at radius 3 is 2.57 bits per heavy atom. The van der Waals surface area contributed by atoms with Crippen molar-refractivity contribution in [2.24, 2.45) is 4.40 Å². The van der Waals surface area contributed by atoms with E-state index < -0.39 is 27.5 Å². The Bertz CT molecular complexity index is 631. The molecule has 0 aromatic heterocycles. The van der Waals surface area contributed by atoms with Crippen molar-refractivity contribution in [3.8, 4) is 0 Å². The van der Waals surface area contributed by atoms with Gasteiger partial charge in [0.15, 0.2) is 0 Å². The van der Waals surface area contributed by atoms with Gasteiger partial charge in [-0.2, -0.15) is 0 Å². The van der Waals surface area contributed by atoms with Crippen LogP contribution in [-0.4, -0.2) is 43.1 Å². The molecule has 2 aliphatic rings. The van der Waals surface area contributed by atoms with Gasteiger partial charge in [-0.1, -0.05) is 11.3 Å². The van der Waals surface area contributed by atoms with E-state index in [9.17, 15) is 9.11 Å². The zero-order chi connectivity index (χ0) is 22.4. The van der Waals surface area contributed by atoms with Gasteiger partial charge in [0, 0.05) is 11.4 Å². The minimum absolute atomic E-state index is 0.0450. The third-order valence-corrected chi connectivity index (χ3v) is 8.21. The summed E-state index contributed by atoms with van der Waals surface area (Å²) in [6.45, 7) is 11.8. The molecule has 0 amide bonds. The molecular weight excluding hydrogens is 420 g/mol. The number of nitrogens with zero attached hydrogens (tertiary/aromatic N) is 1. The Labute approximate surface area is 188 Å². The minimum Gasteiger partial charge on any atom is -0.598 e. The van der Waals surface area contributed by atoms with Gasteiger partial charge >= 0.3 is 0 Å². The first-order valence-corrected chi connectivity index (χ1v) is 13.1. The van der Waals surface area contributed by atoms with Crippen molar-refractivity contribution in [3.63, 3.8) is 0 Å². The van der Waals surface area contributed by atoms with Crippen LogP contribution in [0, 0.1) is 0 Å². The number of hydrogen-bond acceptors (Lipinski definition) is 6. The summed E-state index contributed by atoms with van der Waals surface area (Å²) in [4.78, 5) is 0. The molecule has 0 radical (unpaired) electrons. The fraction of sp³-hybridized carbons (Fsp3) is 0.773. The number of rotatable bonds is 9. The molecule has 0 aromatic carbocycles. The molecule has 0 aromatic rings. The minimum atomic E-state index is -1.29. The molecular formula is C22H38N2O4S2. The van der Waals surface area contributed by atoms with E-state index in [1.165, 1.54) is 0 Å². The van der Waals surface area contributed by atoms with E-state index in [2.05, 4.69) is 22.1 Å². The zero-order valence-corrected chi connectivity index (χ0v) is 20.8. The van der Waals surface area contributed by atoms with Gasteiger partial charge in [-0.15, -0.1) is 4.72 Å². The summed E-state index contributed by atoms with van der Waals surface area (Å²) >= 11 is -2.55. The highest BCUT2D eigenvalue weighted by Gasteiger charge is 2.38. The first-order valence-electron chi connectivity index (χ1n) is 10.8. The highest BCUT2D eigenvalue weighted by Crippen LogP contribution is 2.30. The molecule has 6 nitrogen and oxygen atoms in total. The van der Waals surface area contributed by atoms with Crippen LogP contribution in [0.4, 0.5) is 0 Å². The van der Waals surface area contributed by atoms with Crippen molar-refractivity contribution in [1.82, 2.24) is 4.72 Å².